The second-order valence-corrected chi connectivity index (χ2v) is 12.4. The summed E-state index contributed by atoms with van der Waals surface area (Å²) in [5.74, 6) is 0.712. The molecule has 5 aromatic rings. The predicted molar refractivity (Wildman–Crippen MR) is 176 cm³/mol. The Morgan fingerprint density at radius 2 is 1.74 bits per heavy atom. The molecular formula is C34H29BrF3N5O4. The monoisotopic (exact) mass is 707 g/mol. The topological polar surface area (TPSA) is 105 Å². The quantitative estimate of drug-likeness (QED) is 0.0953. The van der Waals surface area contributed by atoms with Gasteiger partial charge in [-0.3, -0.25) is 14.9 Å². The highest BCUT2D eigenvalue weighted by molar-refractivity contribution is 9.10. The number of hydrogen-bond donors (Lipinski definition) is 0. The molecule has 47 heavy (non-hydrogen) atoms. The minimum atomic E-state index is -4.72. The van der Waals surface area contributed by atoms with Gasteiger partial charge in [-0.15, -0.1) is 0 Å². The van der Waals surface area contributed by atoms with Crippen LogP contribution in [0.15, 0.2) is 81.1 Å². The third-order valence-electron chi connectivity index (χ3n) is 8.39. The maximum Gasteiger partial charge on any atom is 0.416 e. The largest absolute Gasteiger partial charge is 0.450 e. The van der Waals surface area contributed by atoms with Gasteiger partial charge in [-0.25, -0.2) is 4.98 Å². The molecule has 1 aliphatic rings. The molecule has 0 aliphatic heterocycles. The maximum atomic E-state index is 13.7. The van der Waals surface area contributed by atoms with E-state index in [4.69, 9.17) is 9.72 Å². The number of nitro benzene ring substituents is 1. The first kappa shape index (κ1) is 32.2. The van der Waals surface area contributed by atoms with Crippen molar-refractivity contribution in [3.63, 3.8) is 0 Å². The first-order chi connectivity index (χ1) is 22.4. The molecule has 0 N–H and O–H groups in total. The van der Waals surface area contributed by atoms with E-state index in [0.717, 1.165) is 64.9 Å². The molecule has 0 spiro atoms. The highest BCUT2D eigenvalue weighted by Crippen LogP contribution is 2.38. The van der Waals surface area contributed by atoms with Crippen molar-refractivity contribution in [3.05, 3.63) is 120 Å². The Kier molecular flexibility index (Phi) is 8.75. The molecular weight excluding hydrogens is 679 g/mol. The SMILES string of the molecule is Cc1cc(C=Nn2c(C3CCCCC3)nc3ccc(Br)cc3c2=O)c(C)n1-c1ccc(Oc2ccc(C(F)(F)F)cc2[N+](=O)[O-])cc1. The van der Waals surface area contributed by atoms with Crippen molar-refractivity contribution in [2.24, 2.45) is 5.10 Å². The van der Waals surface area contributed by atoms with E-state index in [2.05, 4.69) is 21.0 Å². The molecule has 1 fully saturated rings. The summed E-state index contributed by atoms with van der Waals surface area (Å²) in [5, 5.41) is 16.6. The van der Waals surface area contributed by atoms with Crippen LogP contribution in [0.2, 0.25) is 0 Å². The fraction of sp³-hybridized carbons (Fsp3) is 0.265. The number of fused-ring (bicyclic) bond motifs is 1. The summed E-state index contributed by atoms with van der Waals surface area (Å²) in [6, 6.07) is 16.2. The van der Waals surface area contributed by atoms with Gasteiger partial charge in [0.05, 0.1) is 27.6 Å². The van der Waals surface area contributed by atoms with Gasteiger partial charge in [0.2, 0.25) is 5.75 Å². The predicted octanol–water partition coefficient (Wildman–Crippen LogP) is 9.22. The number of nitro groups is 1. The van der Waals surface area contributed by atoms with Crippen molar-refractivity contribution in [2.45, 2.75) is 58.0 Å². The van der Waals surface area contributed by atoms with E-state index < -0.39 is 22.4 Å². The van der Waals surface area contributed by atoms with E-state index >= 15 is 0 Å². The first-order valence-corrected chi connectivity index (χ1v) is 15.8. The average Bonchev–Trinajstić information content (AvgIpc) is 3.33. The molecule has 9 nitrogen and oxygen atoms in total. The minimum absolute atomic E-state index is 0.138. The highest BCUT2D eigenvalue weighted by atomic mass is 79.9. The molecule has 1 saturated carbocycles. The van der Waals surface area contributed by atoms with E-state index in [9.17, 15) is 28.1 Å². The van der Waals surface area contributed by atoms with Crippen LogP contribution < -0.4 is 10.3 Å². The molecule has 0 atom stereocenters. The van der Waals surface area contributed by atoms with E-state index in [1.165, 1.54) is 11.1 Å². The Hall–Kier alpha value is -4.78. The molecule has 0 unspecified atom stereocenters. The van der Waals surface area contributed by atoms with Crippen LogP contribution >= 0.6 is 15.9 Å². The van der Waals surface area contributed by atoms with Crippen molar-refractivity contribution in [1.82, 2.24) is 14.2 Å². The zero-order valence-corrected chi connectivity index (χ0v) is 27.0. The van der Waals surface area contributed by atoms with Gasteiger partial charge in [-0.05, 0) is 87.4 Å². The van der Waals surface area contributed by atoms with E-state index in [-0.39, 0.29) is 23.0 Å². The van der Waals surface area contributed by atoms with Gasteiger partial charge in [-0.2, -0.15) is 22.9 Å². The number of alkyl halides is 3. The second kappa shape index (κ2) is 12.8. The summed E-state index contributed by atoms with van der Waals surface area (Å²) in [7, 11) is 0. The molecule has 3 aromatic carbocycles. The molecule has 6 rings (SSSR count). The zero-order valence-electron chi connectivity index (χ0n) is 25.4. The molecule has 1 aliphatic carbocycles. The van der Waals surface area contributed by atoms with E-state index in [1.54, 1.807) is 36.5 Å². The van der Waals surface area contributed by atoms with Crippen molar-refractivity contribution in [2.75, 3.05) is 0 Å². The maximum absolute atomic E-state index is 13.7. The normalized spacial score (nSPS) is 14.3. The number of aryl methyl sites for hydroxylation is 1. The smallest absolute Gasteiger partial charge is 0.416 e. The van der Waals surface area contributed by atoms with Gasteiger partial charge in [0, 0.05) is 39.1 Å². The van der Waals surface area contributed by atoms with Gasteiger partial charge < -0.3 is 9.30 Å². The van der Waals surface area contributed by atoms with Crippen LogP contribution in [0.1, 0.15) is 66.4 Å². The van der Waals surface area contributed by atoms with Crippen molar-refractivity contribution < 1.29 is 22.8 Å². The third-order valence-corrected chi connectivity index (χ3v) is 8.89. The van der Waals surface area contributed by atoms with Crippen LogP contribution in [0.3, 0.4) is 0 Å². The third kappa shape index (κ3) is 6.57. The average molecular weight is 709 g/mol. The lowest BCUT2D eigenvalue weighted by Crippen LogP contribution is -2.25. The van der Waals surface area contributed by atoms with Gasteiger partial charge in [0.1, 0.15) is 11.6 Å². The number of aromatic nitrogens is 3. The Morgan fingerprint density at radius 3 is 2.43 bits per heavy atom. The lowest BCUT2D eigenvalue weighted by atomic mass is 9.88. The van der Waals surface area contributed by atoms with Crippen LogP contribution in [-0.2, 0) is 6.18 Å². The van der Waals surface area contributed by atoms with E-state index in [1.807, 2.05) is 36.6 Å². The standard InChI is InChI=1S/C34H29BrF3N5O4/c1-20-16-23(19-39-42-32(22-6-4-3-5-7-22)40-29-14-9-25(35)18-28(29)33(42)44)21(2)41(20)26-10-12-27(13-11-26)47-31-15-8-24(34(36,37)38)17-30(31)43(45)46/h8-19,22H,3-7H2,1-2H3. The van der Waals surface area contributed by atoms with Crippen LogP contribution in [0.4, 0.5) is 18.9 Å². The summed E-state index contributed by atoms with van der Waals surface area (Å²) in [6.07, 6.45) is 2.16. The minimum Gasteiger partial charge on any atom is -0.450 e. The summed E-state index contributed by atoms with van der Waals surface area (Å²) in [4.78, 5) is 29.2. The Bertz CT molecular complexity index is 2080. The van der Waals surface area contributed by atoms with Crippen molar-refractivity contribution >= 4 is 38.7 Å². The number of benzene rings is 3. The van der Waals surface area contributed by atoms with Crippen LogP contribution in [0.5, 0.6) is 11.5 Å². The molecule has 242 valence electrons. The van der Waals surface area contributed by atoms with Gasteiger partial charge in [0.25, 0.3) is 5.56 Å². The highest BCUT2D eigenvalue weighted by Gasteiger charge is 2.33. The van der Waals surface area contributed by atoms with Crippen molar-refractivity contribution in [1.29, 1.82) is 0 Å². The fourth-order valence-corrected chi connectivity index (χ4v) is 6.41. The van der Waals surface area contributed by atoms with Crippen molar-refractivity contribution in [3.8, 4) is 17.2 Å². The second-order valence-electron chi connectivity index (χ2n) is 11.5. The number of rotatable bonds is 7. The number of halogens is 4. The van der Waals surface area contributed by atoms with Gasteiger partial charge in [0.15, 0.2) is 0 Å². The molecule has 0 radical (unpaired) electrons. The Labute approximate surface area is 275 Å². The Morgan fingerprint density at radius 1 is 1.02 bits per heavy atom. The number of hydrogen-bond acceptors (Lipinski definition) is 6. The lowest BCUT2D eigenvalue weighted by molar-refractivity contribution is -0.385. The molecule has 2 aromatic heterocycles. The van der Waals surface area contributed by atoms with Crippen LogP contribution in [-0.4, -0.2) is 25.4 Å². The number of ether oxygens (including phenoxy) is 1. The molecule has 13 heteroatoms. The molecule has 0 amide bonds. The summed E-state index contributed by atoms with van der Waals surface area (Å²) in [6.45, 7) is 3.85. The summed E-state index contributed by atoms with van der Waals surface area (Å²) >= 11 is 3.45. The summed E-state index contributed by atoms with van der Waals surface area (Å²) < 4.78 is 49.1. The van der Waals surface area contributed by atoms with Crippen LogP contribution in [0, 0.1) is 24.0 Å². The van der Waals surface area contributed by atoms with Gasteiger partial charge >= 0.3 is 11.9 Å². The lowest BCUT2D eigenvalue weighted by Gasteiger charge is -2.22. The van der Waals surface area contributed by atoms with E-state index in [0.29, 0.717) is 22.8 Å². The first-order valence-electron chi connectivity index (χ1n) is 15.0. The Balaban J connectivity index is 1.30. The molecule has 2 heterocycles. The summed E-state index contributed by atoms with van der Waals surface area (Å²) in [5.41, 5.74) is 1.77. The van der Waals surface area contributed by atoms with Gasteiger partial charge in [-0.1, -0.05) is 35.2 Å². The molecule has 0 bridgehead atoms. The zero-order chi connectivity index (χ0) is 33.5. The van der Waals surface area contributed by atoms with Crippen LogP contribution in [0.25, 0.3) is 16.6 Å². The molecule has 0 saturated heterocycles. The fourth-order valence-electron chi connectivity index (χ4n) is 6.05. The number of nitrogens with zero attached hydrogens (tertiary/aromatic N) is 5.